The van der Waals surface area contributed by atoms with Crippen molar-refractivity contribution in [2.45, 2.75) is 76.5 Å². The minimum absolute atomic E-state index is 0.0150. The Morgan fingerprint density at radius 1 is 1.06 bits per heavy atom. The normalized spacial score (nSPS) is 24.4. The van der Waals surface area contributed by atoms with Crippen LogP contribution in [0.25, 0.3) is 11.1 Å². The molecule has 0 aromatic heterocycles. The lowest BCUT2D eigenvalue weighted by Crippen LogP contribution is -2.49. The second-order valence-corrected chi connectivity index (χ2v) is 12.0. The van der Waals surface area contributed by atoms with Gasteiger partial charge >= 0.3 is 6.09 Å². The van der Waals surface area contributed by atoms with E-state index in [9.17, 15) is 9.59 Å². The second kappa shape index (κ2) is 8.71. The highest BCUT2D eigenvalue weighted by Gasteiger charge is 2.49. The summed E-state index contributed by atoms with van der Waals surface area (Å²) in [6.45, 7) is 5.41. The van der Waals surface area contributed by atoms with Gasteiger partial charge in [-0.15, -0.1) is 0 Å². The molecule has 0 unspecified atom stereocenters. The molecule has 1 N–H and O–H groups in total. The van der Waals surface area contributed by atoms with Crippen molar-refractivity contribution in [1.29, 1.82) is 0 Å². The number of hydrogen-bond donors (Lipinski definition) is 1. The zero-order chi connectivity index (χ0) is 25.1. The molecule has 0 bridgehead atoms. The number of rotatable bonds is 2. The van der Waals surface area contributed by atoms with Gasteiger partial charge in [0, 0.05) is 26.4 Å². The Morgan fingerprint density at radius 3 is 2.43 bits per heavy atom. The molecule has 1 saturated heterocycles. The Balaban J connectivity index is 1.41. The van der Waals surface area contributed by atoms with Gasteiger partial charge in [-0.05, 0) is 104 Å². The molecule has 0 spiro atoms. The molecule has 2 amide bonds. The summed E-state index contributed by atoms with van der Waals surface area (Å²) in [5, 5.41) is 2.82. The molecule has 1 heterocycles. The second-order valence-electron chi connectivity index (χ2n) is 10.8. The van der Waals surface area contributed by atoms with Crippen molar-refractivity contribution >= 4 is 40.3 Å². The van der Waals surface area contributed by atoms with E-state index in [-0.39, 0.29) is 29.0 Å². The average Bonchev–Trinajstić information content (AvgIpc) is 3.27. The maximum atomic E-state index is 15.3. The maximum Gasteiger partial charge on any atom is 0.411 e. The number of carbonyl (C=O) groups excluding carboxylic acids is 2. The van der Waals surface area contributed by atoms with Crippen LogP contribution in [0.4, 0.5) is 19.3 Å². The van der Waals surface area contributed by atoms with Crippen LogP contribution in [0.15, 0.2) is 36.4 Å². The molecule has 3 atom stereocenters. The largest absolute Gasteiger partial charge is 0.444 e. The number of ether oxygens (including phenoxy) is 1. The predicted molar refractivity (Wildman–Crippen MR) is 138 cm³/mol. The average molecular weight is 594 g/mol. The lowest BCUT2D eigenvalue weighted by Gasteiger charge is -2.34. The van der Waals surface area contributed by atoms with Crippen molar-refractivity contribution < 1.29 is 23.1 Å². The topological polar surface area (TPSA) is 58.6 Å². The van der Waals surface area contributed by atoms with Gasteiger partial charge in [0.1, 0.15) is 11.6 Å². The number of amides is 2. The van der Waals surface area contributed by atoms with Crippen molar-refractivity contribution in [2.75, 3.05) is 5.32 Å². The number of anilines is 1. The van der Waals surface area contributed by atoms with E-state index in [0.29, 0.717) is 23.2 Å². The molecule has 3 aliphatic rings. The zero-order valence-electron chi connectivity index (χ0n) is 20.0. The first-order valence-electron chi connectivity index (χ1n) is 12.1. The molecular weight excluding hydrogens is 565 g/mol. The summed E-state index contributed by atoms with van der Waals surface area (Å²) >= 11 is 2.03. The van der Waals surface area contributed by atoms with Crippen LogP contribution in [-0.4, -0.2) is 34.6 Å². The fourth-order valence-corrected chi connectivity index (χ4v) is 6.26. The number of halogens is 3. The van der Waals surface area contributed by atoms with Crippen LogP contribution in [0.2, 0.25) is 0 Å². The SMILES string of the molecule is CC(C)(C)OC(=O)N1[C@H](C(=O)Nc2ccc3c(c2)C(F)(F)c2cc(I)ccc2-3)C[C@@H]2CCCC[C@@H]21. The van der Waals surface area contributed by atoms with E-state index in [1.807, 2.05) is 28.7 Å². The summed E-state index contributed by atoms with van der Waals surface area (Å²) in [7, 11) is 0. The van der Waals surface area contributed by atoms with Gasteiger partial charge in [0.15, 0.2) is 0 Å². The molecule has 186 valence electrons. The minimum Gasteiger partial charge on any atom is -0.444 e. The van der Waals surface area contributed by atoms with Gasteiger partial charge in [0.05, 0.1) is 0 Å². The van der Waals surface area contributed by atoms with Crippen LogP contribution < -0.4 is 5.32 Å². The number of carbonyl (C=O) groups is 2. The molecule has 5 nitrogen and oxygen atoms in total. The molecule has 35 heavy (non-hydrogen) atoms. The van der Waals surface area contributed by atoms with Crippen molar-refractivity contribution in [3.8, 4) is 11.1 Å². The van der Waals surface area contributed by atoms with Crippen LogP contribution in [0, 0.1) is 9.49 Å². The van der Waals surface area contributed by atoms with Gasteiger partial charge in [-0.25, -0.2) is 4.79 Å². The van der Waals surface area contributed by atoms with Gasteiger partial charge in [0.25, 0.3) is 5.92 Å². The van der Waals surface area contributed by atoms with Crippen molar-refractivity contribution in [2.24, 2.45) is 5.92 Å². The van der Waals surface area contributed by atoms with Gasteiger partial charge < -0.3 is 10.1 Å². The third-order valence-corrected chi connectivity index (χ3v) is 7.90. The van der Waals surface area contributed by atoms with Crippen LogP contribution in [0.5, 0.6) is 0 Å². The fraction of sp³-hybridized carbons (Fsp3) is 0.481. The van der Waals surface area contributed by atoms with E-state index < -0.39 is 23.7 Å². The zero-order valence-corrected chi connectivity index (χ0v) is 22.2. The van der Waals surface area contributed by atoms with E-state index >= 15 is 8.78 Å². The highest BCUT2D eigenvalue weighted by Crippen LogP contribution is 2.52. The van der Waals surface area contributed by atoms with Gasteiger partial charge in [-0.2, -0.15) is 8.78 Å². The molecule has 1 aliphatic heterocycles. The first kappa shape index (κ1) is 24.5. The standard InChI is InChI=1S/C27H29F2IN2O3/c1-26(2,3)35-25(34)32-22-7-5-4-6-15(22)12-23(32)24(33)31-17-9-11-19-18-10-8-16(30)13-20(18)27(28,29)21(19)14-17/h8-11,13-15,22-23H,4-7,12H2,1-3H3,(H,31,33)/t15-,22-,23-/m0/s1. The number of benzene rings is 2. The third-order valence-electron chi connectivity index (χ3n) is 7.23. The van der Waals surface area contributed by atoms with E-state index in [2.05, 4.69) is 5.32 Å². The Kier molecular flexibility index (Phi) is 6.09. The summed E-state index contributed by atoms with van der Waals surface area (Å²) in [5.74, 6) is -3.26. The van der Waals surface area contributed by atoms with E-state index in [0.717, 1.165) is 29.3 Å². The Morgan fingerprint density at radius 2 is 1.71 bits per heavy atom. The number of likely N-dealkylation sites (tertiary alicyclic amines) is 1. The van der Waals surface area contributed by atoms with E-state index in [4.69, 9.17) is 4.74 Å². The van der Waals surface area contributed by atoms with Crippen molar-refractivity contribution in [3.05, 3.63) is 51.1 Å². The highest BCUT2D eigenvalue weighted by atomic mass is 127. The Hall–Kier alpha value is -2.23. The number of hydrogen-bond acceptors (Lipinski definition) is 3. The number of alkyl halides is 2. The van der Waals surface area contributed by atoms with Crippen molar-refractivity contribution in [3.63, 3.8) is 0 Å². The minimum atomic E-state index is -3.14. The first-order chi connectivity index (χ1) is 16.5. The van der Waals surface area contributed by atoms with Crippen LogP contribution >= 0.6 is 22.6 Å². The number of nitrogens with zero attached hydrogens (tertiary/aromatic N) is 1. The molecule has 0 radical (unpaired) electrons. The molecule has 2 aromatic rings. The van der Waals surface area contributed by atoms with Crippen LogP contribution in [-0.2, 0) is 15.5 Å². The van der Waals surface area contributed by atoms with Gasteiger partial charge in [-0.3, -0.25) is 9.69 Å². The summed E-state index contributed by atoms with van der Waals surface area (Å²) < 4.78 is 36.9. The molecule has 2 aliphatic carbocycles. The Labute approximate surface area is 217 Å². The molecular formula is C27H29F2IN2O3. The monoisotopic (exact) mass is 594 g/mol. The first-order valence-corrected chi connectivity index (χ1v) is 13.2. The van der Waals surface area contributed by atoms with Crippen LogP contribution in [0.3, 0.4) is 0 Å². The van der Waals surface area contributed by atoms with E-state index in [1.165, 1.54) is 12.1 Å². The Bertz CT molecular complexity index is 1190. The van der Waals surface area contributed by atoms with Gasteiger partial charge in [0.2, 0.25) is 5.91 Å². The number of fused-ring (bicyclic) bond motifs is 4. The molecule has 8 heteroatoms. The highest BCUT2D eigenvalue weighted by molar-refractivity contribution is 14.1. The molecule has 2 fully saturated rings. The predicted octanol–water partition coefficient (Wildman–Crippen LogP) is 6.92. The molecule has 5 rings (SSSR count). The lowest BCUT2D eigenvalue weighted by molar-refractivity contribution is -0.120. The smallest absolute Gasteiger partial charge is 0.411 e. The third kappa shape index (κ3) is 4.42. The number of nitrogens with one attached hydrogen (secondary N) is 1. The molecule has 1 saturated carbocycles. The summed E-state index contributed by atoms with van der Waals surface area (Å²) in [5.41, 5.74) is 0.481. The summed E-state index contributed by atoms with van der Waals surface area (Å²) in [6, 6.07) is 8.96. The summed E-state index contributed by atoms with van der Waals surface area (Å²) in [6.07, 6.45) is 3.97. The van der Waals surface area contributed by atoms with Crippen LogP contribution in [0.1, 0.15) is 64.0 Å². The molecule has 2 aromatic carbocycles. The summed E-state index contributed by atoms with van der Waals surface area (Å²) in [4.78, 5) is 28.1. The fourth-order valence-electron chi connectivity index (χ4n) is 5.77. The maximum absolute atomic E-state index is 15.3. The van der Waals surface area contributed by atoms with Gasteiger partial charge in [-0.1, -0.05) is 25.0 Å². The quantitative estimate of drug-likeness (QED) is 0.385. The lowest BCUT2D eigenvalue weighted by atomic mass is 9.85. The van der Waals surface area contributed by atoms with Crippen molar-refractivity contribution in [1.82, 2.24) is 4.90 Å². The van der Waals surface area contributed by atoms with E-state index in [1.54, 1.807) is 43.9 Å².